The van der Waals surface area contributed by atoms with E-state index in [2.05, 4.69) is 72.8 Å². The molecule has 10 aromatic rings. The Hall–Kier alpha value is -5.88. The van der Waals surface area contributed by atoms with Crippen LogP contribution in [0.1, 0.15) is 0 Å². The molecule has 42 heavy (non-hydrogen) atoms. The number of rotatable bonds is 0. The number of fused-ring (bicyclic) bond motifs is 12. The lowest BCUT2D eigenvalue weighted by atomic mass is 10.1. The Morgan fingerprint density at radius 1 is 0.238 bits per heavy atom. The summed E-state index contributed by atoms with van der Waals surface area (Å²) < 4.78 is 0. The molecule has 3 aromatic heterocycles. The zero-order chi connectivity index (χ0) is 27.4. The van der Waals surface area contributed by atoms with E-state index in [1.54, 1.807) is 0 Å². The minimum Gasteiger partial charge on any atom is -0.242 e. The van der Waals surface area contributed by atoms with Crippen LogP contribution in [0.15, 0.2) is 109 Å². The number of aromatic nitrogens is 6. The molecule has 192 valence electrons. The summed E-state index contributed by atoms with van der Waals surface area (Å²) in [6.45, 7) is 0. The molecule has 0 amide bonds. The number of nitrogens with zero attached hydrogens (tertiary/aromatic N) is 6. The molecule has 7 aromatic carbocycles. The molecule has 0 atom stereocenters. The molecular formula is C36H18N6. The zero-order valence-electron chi connectivity index (χ0n) is 22.1. The molecule has 0 bridgehead atoms. The number of hydrogen-bond acceptors (Lipinski definition) is 6. The Bertz CT molecular complexity index is 2280. The second-order valence-electron chi connectivity index (χ2n) is 10.8. The van der Waals surface area contributed by atoms with Crippen molar-refractivity contribution in [2.24, 2.45) is 0 Å². The normalized spacial score (nSPS) is 12.3. The molecule has 0 fully saturated rings. The molecule has 0 saturated heterocycles. The van der Waals surface area contributed by atoms with Crippen LogP contribution in [-0.2, 0) is 0 Å². The van der Waals surface area contributed by atoms with Crippen molar-refractivity contribution in [3.8, 4) is 0 Å². The lowest BCUT2D eigenvalue weighted by Crippen LogP contribution is -1.99. The summed E-state index contributed by atoms with van der Waals surface area (Å²) in [5.74, 6) is 0. The lowest BCUT2D eigenvalue weighted by molar-refractivity contribution is 1.34. The molecule has 0 spiro atoms. The van der Waals surface area contributed by atoms with Crippen molar-refractivity contribution in [3.63, 3.8) is 0 Å². The van der Waals surface area contributed by atoms with E-state index in [0.717, 1.165) is 65.4 Å². The summed E-state index contributed by atoms with van der Waals surface area (Å²) in [5, 5.41) is 6.69. The predicted octanol–water partition coefficient (Wildman–Crippen LogP) is 8.44. The highest BCUT2D eigenvalue weighted by Crippen LogP contribution is 2.35. The monoisotopic (exact) mass is 534 g/mol. The van der Waals surface area contributed by atoms with Crippen LogP contribution in [0.3, 0.4) is 0 Å². The summed E-state index contributed by atoms with van der Waals surface area (Å²) in [6.07, 6.45) is 0. The first-order valence-corrected chi connectivity index (χ1v) is 13.9. The van der Waals surface area contributed by atoms with Gasteiger partial charge in [0.15, 0.2) is 0 Å². The second kappa shape index (κ2) is 7.86. The summed E-state index contributed by atoms with van der Waals surface area (Å²) in [6, 6.07) is 37.4. The quantitative estimate of drug-likeness (QED) is 0.144. The Balaban J connectivity index is 1.43. The van der Waals surface area contributed by atoms with Gasteiger partial charge in [0.2, 0.25) is 0 Å². The molecule has 6 nitrogen and oxygen atoms in total. The Morgan fingerprint density at radius 2 is 0.405 bits per heavy atom. The third-order valence-corrected chi connectivity index (χ3v) is 8.27. The summed E-state index contributed by atoms with van der Waals surface area (Å²) in [7, 11) is 0. The van der Waals surface area contributed by atoms with E-state index in [4.69, 9.17) is 29.9 Å². The van der Waals surface area contributed by atoms with Gasteiger partial charge in [-0.2, -0.15) is 0 Å². The fourth-order valence-electron chi connectivity index (χ4n) is 6.22. The van der Waals surface area contributed by atoms with E-state index in [1.165, 1.54) is 0 Å². The van der Waals surface area contributed by atoms with E-state index in [1.807, 2.05) is 36.4 Å². The standard InChI is InChI=1S/C36H18N6/c1-2-8-20-14-26-25(13-19(20)7-1)37-31-32(38-26)34-36(42-30-18-24-12-6-5-11-23(24)17-29(30)40-34)35-33(31)39-27-15-21-9-3-4-10-22(21)16-28(27)41-35/h1-18H. The molecule has 0 N–H and O–H groups in total. The average molecular weight is 535 g/mol. The average Bonchev–Trinajstić information content (AvgIpc) is 3.03. The van der Waals surface area contributed by atoms with E-state index < -0.39 is 0 Å². The highest BCUT2D eigenvalue weighted by Gasteiger charge is 2.19. The molecular weight excluding hydrogens is 516 g/mol. The SMILES string of the molecule is c1ccc2cc3nc4c(nc3cc2c1)c1nc2cc3ccccc3cc2nc1c1nc2cc3ccccc3cc2nc41. The smallest absolute Gasteiger partial charge is 0.120 e. The molecule has 10 rings (SSSR count). The number of hydrogen-bond donors (Lipinski definition) is 0. The summed E-state index contributed by atoms with van der Waals surface area (Å²) >= 11 is 0. The van der Waals surface area contributed by atoms with Gasteiger partial charge in [-0.05, 0) is 68.7 Å². The minimum absolute atomic E-state index is 0.678. The van der Waals surface area contributed by atoms with E-state index >= 15 is 0 Å². The highest BCUT2D eigenvalue weighted by atomic mass is 14.9. The van der Waals surface area contributed by atoms with Gasteiger partial charge in [-0.25, -0.2) is 29.9 Å². The number of benzene rings is 7. The third-order valence-electron chi connectivity index (χ3n) is 8.27. The largest absolute Gasteiger partial charge is 0.242 e. The Morgan fingerprint density at radius 3 is 0.571 bits per heavy atom. The van der Waals surface area contributed by atoms with Crippen molar-refractivity contribution in [1.82, 2.24) is 29.9 Å². The molecule has 0 aliphatic rings. The topological polar surface area (TPSA) is 77.3 Å². The summed E-state index contributed by atoms with van der Waals surface area (Å²) in [4.78, 5) is 31.0. The van der Waals surface area contributed by atoms with E-state index in [9.17, 15) is 0 Å². The van der Waals surface area contributed by atoms with Crippen molar-refractivity contribution in [3.05, 3.63) is 109 Å². The van der Waals surface area contributed by atoms with Gasteiger partial charge >= 0.3 is 0 Å². The first-order valence-electron chi connectivity index (χ1n) is 13.9. The van der Waals surface area contributed by atoms with Gasteiger partial charge < -0.3 is 0 Å². The Labute approximate surface area is 237 Å². The van der Waals surface area contributed by atoms with Crippen molar-refractivity contribution in [1.29, 1.82) is 0 Å². The van der Waals surface area contributed by atoms with E-state index in [0.29, 0.717) is 33.1 Å². The van der Waals surface area contributed by atoms with Gasteiger partial charge in [-0.3, -0.25) is 0 Å². The first kappa shape index (κ1) is 21.9. The van der Waals surface area contributed by atoms with Crippen LogP contribution in [0, 0.1) is 0 Å². The first-order chi connectivity index (χ1) is 20.7. The lowest BCUT2D eigenvalue weighted by Gasteiger charge is -2.11. The molecule has 0 unspecified atom stereocenters. The van der Waals surface area contributed by atoms with Gasteiger partial charge in [0.1, 0.15) is 33.1 Å². The predicted molar refractivity (Wildman–Crippen MR) is 171 cm³/mol. The van der Waals surface area contributed by atoms with Crippen LogP contribution in [0.4, 0.5) is 0 Å². The van der Waals surface area contributed by atoms with Crippen LogP contribution in [0.5, 0.6) is 0 Å². The Kier molecular flexibility index (Phi) is 4.10. The molecule has 0 saturated carbocycles. The van der Waals surface area contributed by atoms with Crippen molar-refractivity contribution >= 4 is 98.5 Å². The maximum atomic E-state index is 5.17. The van der Waals surface area contributed by atoms with Gasteiger partial charge in [0.25, 0.3) is 0 Å². The van der Waals surface area contributed by atoms with Gasteiger partial charge in [0.05, 0.1) is 33.1 Å². The third kappa shape index (κ3) is 3.03. The van der Waals surface area contributed by atoms with Crippen molar-refractivity contribution in [2.75, 3.05) is 0 Å². The fourth-order valence-corrected chi connectivity index (χ4v) is 6.22. The van der Waals surface area contributed by atoms with Crippen molar-refractivity contribution in [2.45, 2.75) is 0 Å². The van der Waals surface area contributed by atoms with Gasteiger partial charge in [-0.1, -0.05) is 72.8 Å². The molecule has 3 heterocycles. The van der Waals surface area contributed by atoms with Crippen LogP contribution < -0.4 is 0 Å². The molecule has 0 aliphatic carbocycles. The highest BCUT2D eigenvalue weighted by molar-refractivity contribution is 6.21. The summed E-state index contributed by atoms with van der Waals surface area (Å²) in [5.41, 5.74) is 8.91. The van der Waals surface area contributed by atoms with Crippen LogP contribution in [0.25, 0.3) is 98.5 Å². The molecule has 6 heteroatoms. The van der Waals surface area contributed by atoms with Gasteiger partial charge in [0, 0.05) is 0 Å². The fraction of sp³-hybridized carbons (Fsp3) is 0. The van der Waals surface area contributed by atoms with Crippen LogP contribution >= 0.6 is 0 Å². The molecule has 0 radical (unpaired) electrons. The second-order valence-corrected chi connectivity index (χ2v) is 10.8. The van der Waals surface area contributed by atoms with E-state index in [-0.39, 0.29) is 0 Å². The van der Waals surface area contributed by atoms with Crippen LogP contribution in [0.2, 0.25) is 0 Å². The van der Waals surface area contributed by atoms with Crippen LogP contribution in [-0.4, -0.2) is 29.9 Å². The molecule has 0 aliphatic heterocycles. The minimum atomic E-state index is 0.678. The maximum Gasteiger partial charge on any atom is 0.120 e. The zero-order valence-corrected chi connectivity index (χ0v) is 22.1. The van der Waals surface area contributed by atoms with Crippen molar-refractivity contribution < 1.29 is 0 Å². The van der Waals surface area contributed by atoms with Gasteiger partial charge in [-0.15, -0.1) is 0 Å². The maximum absolute atomic E-state index is 5.17.